The molecule has 0 fully saturated rings. The molecule has 4 nitrogen and oxygen atoms in total. The summed E-state index contributed by atoms with van der Waals surface area (Å²) in [6.07, 6.45) is 2.19. The third kappa shape index (κ3) is 4.02. The average Bonchev–Trinajstić information content (AvgIpc) is 2.60. The summed E-state index contributed by atoms with van der Waals surface area (Å²) in [6, 6.07) is 0. The quantitative estimate of drug-likeness (QED) is 0.737. The molecular weight excluding hydrogens is 200 g/mol. The number of hydrogen-bond acceptors (Lipinski definition) is 5. The fourth-order valence-corrected chi connectivity index (χ4v) is 1.58. The number of aliphatic hydroxyl groups is 1. The molecule has 0 amide bonds. The van der Waals surface area contributed by atoms with E-state index >= 15 is 0 Å². The lowest BCUT2D eigenvalue weighted by atomic mass is 10.1. The van der Waals surface area contributed by atoms with Crippen LogP contribution in [-0.2, 0) is 6.61 Å². The topological polar surface area (TPSA) is 55.2 Å². The van der Waals surface area contributed by atoms with Gasteiger partial charge in [0.25, 0.3) is 5.19 Å². The van der Waals surface area contributed by atoms with Gasteiger partial charge in [0.1, 0.15) is 5.01 Å². The number of aliphatic hydroxyl groups excluding tert-OH is 1. The van der Waals surface area contributed by atoms with Crippen LogP contribution in [0.2, 0.25) is 0 Å². The normalized spacial score (nSPS) is 10.9. The highest BCUT2D eigenvalue weighted by Gasteiger charge is 2.03. The molecule has 0 bridgehead atoms. The Morgan fingerprint density at radius 1 is 1.43 bits per heavy atom. The highest BCUT2D eigenvalue weighted by atomic mass is 32.1. The number of ether oxygens (including phenoxy) is 1. The predicted molar refractivity (Wildman–Crippen MR) is 55.4 cm³/mol. The Balaban J connectivity index is 2.18. The van der Waals surface area contributed by atoms with E-state index < -0.39 is 0 Å². The summed E-state index contributed by atoms with van der Waals surface area (Å²) in [5, 5.41) is 17.4. The molecule has 1 heterocycles. The molecule has 0 unspecified atom stereocenters. The molecule has 0 saturated heterocycles. The zero-order valence-electron chi connectivity index (χ0n) is 8.56. The Hall–Kier alpha value is -0.680. The van der Waals surface area contributed by atoms with Gasteiger partial charge in [0.05, 0.1) is 13.2 Å². The molecule has 0 aromatic carbocycles. The molecule has 1 aromatic heterocycles. The maximum Gasteiger partial charge on any atom is 0.294 e. The summed E-state index contributed by atoms with van der Waals surface area (Å²) in [6.45, 7) is 4.99. The van der Waals surface area contributed by atoms with Crippen molar-refractivity contribution in [3.63, 3.8) is 0 Å². The van der Waals surface area contributed by atoms with Gasteiger partial charge >= 0.3 is 0 Å². The minimum atomic E-state index is -0.0625. The average molecular weight is 216 g/mol. The first-order valence-corrected chi connectivity index (χ1v) is 5.60. The Morgan fingerprint density at radius 2 is 2.21 bits per heavy atom. The molecule has 0 aliphatic heterocycles. The Kier molecular flexibility index (Phi) is 4.82. The molecule has 1 aromatic rings. The minimum absolute atomic E-state index is 0.0625. The predicted octanol–water partition coefficient (Wildman–Crippen LogP) is 1.85. The van der Waals surface area contributed by atoms with Crippen LogP contribution in [0.1, 0.15) is 31.7 Å². The van der Waals surface area contributed by atoms with E-state index in [-0.39, 0.29) is 6.61 Å². The van der Waals surface area contributed by atoms with Crippen molar-refractivity contribution in [1.82, 2.24) is 10.2 Å². The third-order valence-electron chi connectivity index (χ3n) is 1.73. The van der Waals surface area contributed by atoms with Gasteiger partial charge in [0, 0.05) is 0 Å². The van der Waals surface area contributed by atoms with Crippen molar-refractivity contribution in [2.45, 2.75) is 33.3 Å². The Labute approximate surface area is 87.9 Å². The van der Waals surface area contributed by atoms with Gasteiger partial charge in [-0.2, -0.15) is 0 Å². The molecule has 0 spiro atoms. The van der Waals surface area contributed by atoms with Crippen LogP contribution in [0.5, 0.6) is 5.19 Å². The molecule has 14 heavy (non-hydrogen) atoms. The fraction of sp³-hybridized carbons (Fsp3) is 0.778. The van der Waals surface area contributed by atoms with E-state index in [9.17, 15) is 0 Å². The van der Waals surface area contributed by atoms with E-state index in [2.05, 4.69) is 24.0 Å². The van der Waals surface area contributed by atoms with Gasteiger partial charge in [-0.25, -0.2) is 0 Å². The second-order valence-electron chi connectivity index (χ2n) is 3.50. The monoisotopic (exact) mass is 216 g/mol. The van der Waals surface area contributed by atoms with Crippen LogP contribution in [0.4, 0.5) is 0 Å². The van der Waals surface area contributed by atoms with Gasteiger partial charge in [0.2, 0.25) is 0 Å². The summed E-state index contributed by atoms with van der Waals surface area (Å²) >= 11 is 1.30. The molecule has 0 radical (unpaired) electrons. The largest absolute Gasteiger partial charge is 0.469 e. The molecule has 0 atom stereocenters. The van der Waals surface area contributed by atoms with Crippen LogP contribution in [0.15, 0.2) is 0 Å². The summed E-state index contributed by atoms with van der Waals surface area (Å²) in [5.41, 5.74) is 0. The van der Waals surface area contributed by atoms with E-state index in [4.69, 9.17) is 9.84 Å². The first-order chi connectivity index (χ1) is 6.72. The Morgan fingerprint density at radius 3 is 2.79 bits per heavy atom. The van der Waals surface area contributed by atoms with Crippen molar-refractivity contribution in [3.05, 3.63) is 5.01 Å². The standard InChI is InChI=1S/C9H16N2O2S/c1-7(2)4-3-5-13-9-11-10-8(6-12)14-9/h7,12H,3-6H2,1-2H3. The molecule has 0 aliphatic rings. The molecule has 80 valence electrons. The molecule has 0 saturated carbocycles. The molecule has 1 N–H and O–H groups in total. The van der Waals surface area contributed by atoms with Crippen LogP contribution >= 0.6 is 11.3 Å². The first-order valence-electron chi connectivity index (χ1n) is 4.78. The van der Waals surface area contributed by atoms with E-state index in [0.717, 1.165) is 12.8 Å². The lowest BCUT2D eigenvalue weighted by Crippen LogP contribution is -1.99. The van der Waals surface area contributed by atoms with Gasteiger partial charge in [-0.15, -0.1) is 5.10 Å². The van der Waals surface area contributed by atoms with Gasteiger partial charge in [-0.05, 0) is 18.8 Å². The van der Waals surface area contributed by atoms with Crippen LogP contribution in [0.25, 0.3) is 0 Å². The highest BCUT2D eigenvalue weighted by Crippen LogP contribution is 2.17. The smallest absolute Gasteiger partial charge is 0.294 e. The van der Waals surface area contributed by atoms with Crippen molar-refractivity contribution in [3.8, 4) is 5.19 Å². The second-order valence-corrected chi connectivity index (χ2v) is 4.53. The van der Waals surface area contributed by atoms with Crippen molar-refractivity contribution >= 4 is 11.3 Å². The van der Waals surface area contributed by atoms with Crippen LogP contribution < -0.4 is 4.74 Å². The number of aromatic nitrogens is 2. The minimum Gasteiger partial charge on any atom is -0.469 e. The summed E-state index contributed by atoms with van der Waals surface area (Å²) in [4.78, 5) is 0. The van der Waals surface area contributed by atoms with Crippen LogP contribution in [0.3, 0.4) is 0 Å². The summed E-state index contributed by atoms with van der Waals surface area (Å²) < 4.78 is 5.37. The number of rotatable bonds is 6. The van der Waals surface area contributed by atoms with Gasteiger partial charge in [-0.3, -0.25) is 0 Å². The van der Waals surface area contributed by atoms with Crippen molar-refractivity contribution in [2.75, 3.05) is 6.61 Å². The zero-order chi connectivity index (χ0) is 10.4. The molecule has 1 rings (SSSR count). The molecule has 5 heteroatoms. The van der Waals surface area contributed by atoms with Crippen molar-refractivity contribution in [1.29, 1.82) is 0 Å². The van der Waals surface area contributed by atoms with Crippen LogP contribution in [0, 0.1) is 5.92 Å². The maximum absolute atomic E-state index is 8.75. The van der Waals surface area contributed by atoms with Crippen LogP contribution in [-0.4, -0.2) is 21.9 Å². The highest BCUT2D eigenvalue weighted by molar-refractivity contribution is 7.13. The lowest BCUT2D eigenvalue weighted by Gasteiger charge is -2.03. The first kappa shape index (κ1) is 11.4. The second kappa shape index (κ2) is 5.93. The SMILES string of the molecule is CC(C)CCCOc1nnc(CO)s1. The van der Waals surface area contributed by atoms with Crippen molar-refractivity contribution < 1.29 is 9.84 Å². The van der Waals surface area contributed by atoms with E-state index in [0.29, 0.717) is 22.7 Å². The zero-order valence-corrected chi connectivity index (χ0v) is 9.38. The lowest BCUT2D eigenvalue weighted by molar-refractivity contribution is 0.279. The Bertz CT molecular complexity index is 263. The molecular formula is C9H16N2O2S. The van der Waals surface area contributed by atoms with E-state index in [1.54, 1.807) is 0 Å². The van der Waals surface area contributed by atoms with Gasteiger partial charge < -0.3 is 9.84 Å². The third-order valence-corrected chi connectivity index (χ3v) is 2.56. The summed E-state index contributed by atoms with van der Waals surface area (Å²) in [7, 11) is 0. The van der Waals surface area contributed by atoms with Gasteiger partial charge in [-0.1, -0.05) is 30.3 Å². The maximum atomic E-state index is 8.75. The van der Waals surface area contributed by atoms with E-state index in [1.807, 2.05) is 0 Å². The van der Waals surface area contributed by atoms with Crippen molar-refractivity contribution in [2.24, 2.45) is 5.92 Å². The summed E-state index contributed by atoms with van der Waals surface area (Å²) in [5.74, 6) is 0.709. The number of nitrogens with zero attached hydrogens (tertiary/aromatic N) is 2. The number of hydrogen-bond donors (Lipinski definition) is 1. The fourth-order valence-electron chi connectivity index (χ4n) is 1.01. The van der Waals surface area contributed by atoms with E-state index in [1.165, 1.54) is 11.3 Å². The molecule has 0 aliphatic carbocycles. The van der Waals surface area contributed by atoms with Gasteiger partial charge in [0.15, 0.2) is 0 Å².